The summed E-state index contributed by atoms with van der Waals surface area (Å²) in [6.07, 6.45) is 3.61. The van der Waals surface area contributed by atoms with Crippen LogP contribution in [0.2, 0.25) is 0 Å². The molecule has 1 aliphatic carbocycles. The fourth-order valence-electron chi connectivity index (χ4n) is 1.49. The van der Waals surface area contributed by atoms with Crippen LogP contribution in [-0.4, -0.2) is 36.6 Å². The van der Waals surface area contributed by atoms with Gasteiger partial charge in [0.05, 0.1) is 13.2 Å². The zero-order chi connectivity index (χ0) is 9.68. The summed E-state index contributed by atoms with van der Waals surface area (Å²) in [5, 5.41) is 0. The Morgan fingerprint density at radius 2 is 2.15 bits per heavy atom. The van der Waals surface area contributed by atoms with Crippen molar-refractivity contribution in [3.05, 3.63) is 0 Å². The Morgan fingerprint density at radius 1 is 1.46 bits per heavy atom. The van der Waals surface area contributed by atoms with Crippen molar-refractivity contribution in [2.45, 2.75) is 39.2 Å². The Bertz CT molecular complexity index is 166. The predicted octanol–water partition coefficient (Wildman–Crippen LogP) is 1.42. The van der Waals surface area contributed by atoms with Gasteiger partial charge in [-0.2, -0.15) is 0 Å². The number of carbonyl (C=O) groups excluding carboxylic acids is 1. The minimum Gasteiger partial charge on any atom is -0.465 e. The third kappa shape index (κ3) is 3.77. The van der Waals surface area contributed by atoms with E-state index in [2.05, 4.69) is 11.8 Å². The Labute approximate surface area is 80.1 Å². The molecule has 0 bridgehead atoms. The lowest BCUT2D eigenvalue weighted by molar-refractivity contribution is -0.144. The van der Waals surface area contributed by atoms with Crippen LogP contribution in [0, 0.1) is 0 Å². The quantitative estimate of drug-likeness (QED) is 0.586. The van der Waals surface area contributed by atoms with Crippen molar-refractivity contribution in [3.63, 3.8) is 0 Å². The molecule has 0 aromatic heterocycles. The summed E-state index contributed by atoms with van der Waals surface area (Å²) in [6.45, 7) is 5.97. The van der Waals surface area contributed by atoms with Gasteiger partial charge in [0.25, 0.3) is 0 Å². The van der Waals surface area contributed by atoms with E-state index >= 15 is 0 Å². The number of rotatable bonds is 6. The van der Waals surface area contributed by atoms with Gasteiger partial charge < -0.3 is 4.74 Å². The fourth-order valence-corrected chi connectivity index (χ4v) is 1.49. The molecule has 0 amide bonds. The van der Waals surface area contributed by atoms with Crippen LogP contribution in [0.4, 0.5) is 0 Å². The average molecular weight is 185 g/mol. The van der Waals surface area contributed by atoms with Crippen LogP contribution in [0.3, 0.4) is 0 Å². The highest BCUT2D eigenvalue weighted by Crippen LogP contribution is 2.26. The number of hydrogen-bond acceptors (Lipinski definition) is 3. The van der Waals surface area contributed by atoms with Crippen LogP contribution in [0.5, 0.6) is 0 Å². The summed E-state index contributed by atoms with van der Waals surface area (Å²) in [6, 6.07) is 0.657. The number of hydrogen-bond donors (Lipinski definition) is 0. The van der Waals surface area contributed by atoms with Gasteiger partial charge in [-0.25, -0.2) is 0 Å². The molecule has 0 aromatic rings. The van der Waals surface area contributed by atoms with Gasteiger partial charge in [0.1, 0.15) is 0 Å². The molecule has 1 saturated carbocycles. The summed E-state index contributed by atoms with van der Waals surface area (Å²) < 4.78 is 4.92. The molecule has 0 atom stereocenters. The second-order valence-electron chi connectivity index (χ2n) is 3.51. The summed E-state index contributed by atoms with van der Waals surface area (Å²) in [5.41, 5.74) is 0. The second kappa shape index (κ2) is 5.22. The third-order valence-corrected chi connectivity index (χ3v) is 2.21. The van der Waals surface area contributed by atoms with E-state index in [1.807, 2.05) is 6.92 Å². The molecule has 0 spiro atoms. The van der Waals surface area contributed by atoms with Gasteiger partial charge in [-0.3, -0.25) is 9.69 Å². The second-order valence-corrected chi connectivity index (χ2v) is 3.51. The first-order chi connectivity index (χ1) is 6.27. The molecule has 3 heteroatoms. The molecular formula is C10H19NO2. The van der Waals surface area contributed by atoms with Crippen molar-refractivity contribution in [2.24, 2.45) is 0 Å². The molecule has 0 unspecified atom stereocenters. The minimum absolute atomic E-state index is 0.0807. The van der Waals surface area contributed by atoms with Crippen molar-refractivity contribution >= 4 is 5.97 Å². The van der Waals surface area contributed by atoms with Crippen molar-refractivity contribution in [2.75, 3.05) is 19.7 Å². The first kappa shape index (κ1) is 10.5. The van der Waals surface area contributed by atoms with Crippen LogP contribution in [0.25, 0.3) is 0 Å². The number of carbonyl (C=O) groups is 1. The van der Waals surface area contributed by atoms with Crippen LogP contribution in [0.15, 0.2) is 0 Å². The molecule has 76 valence electrons. The number of esters is 1. The van der Waals surface area contributed by atoms with Gasteiger partial charge in [-0.05, 0) is 32.7 Å². The first-order valence-corrected chi connectivity index (χ1v) is 5.17. The molecule has 1 aliphatic rings. The highest BCUT2D eigenvalue weighted by molar-refractivity contribution is 5.71. The maximum absolute atomic E-state index is 11.2. The summed E-state index contributed by atoms with van der Waals surface area (Å²) in [4.78, 5) is 13.4. The molecule has 0 aliphatic heterocycles. The van der Waals surface area contributed by atoms with Crippen molar-refractivity contribution in [1.29, 1.82) is 0 Å². The molecule has 13 heavy (non-hydrogen) atoms. The molecule has 0 N–H and O–H groups in total. The van der Waals surface area contributed by atoms with Crippen molar-refractivity contribution in [1.82, 2.24) is 4.90 Å². The van der Waals surface area contributed by atoms with E-state index in [0.29, 0.717) is 19.2 Å². The van der Waals surface area contributed by atoms with E-state index in [0.717, 1.165) is 13.0 Å². The molecule has 0 heterocycles. The maximum atomic E-state index is 11.2. The molecular weight excluding hydrogens is 166 g/mol. The normalized spacial score (nSPS) is 16.2. The van der Waals surface area contributed by atoms with Crippen LogP contribution < -0.4 is 0 Å². The monoisotopic (exact) mass is 185 g/mol. The van der Waals surface area contributed by atoms with Crippen LogP contribution >= 0.6 is 0 Å². The van der Waals surface area contributed by atoms with Gasteiger partial charge in [-0.1, -0.05) is 6.92 Å². The highest BCUT2D eigenvalue weighted by atomic mass is 16.5. The average Bonchev–Trinajstić information content (AvgIpc) is 2.86. The lowest BCUT2D eigenvalue weighted by Gasteiger charge is -2.19. The van der Waals surface area contributed by atoms with Gasteiger partial charge in [0.2, 0.25) is 0 Å². The molecule has 1 rings (SSSR count). The highest BCUT2D eigenvalue weighted by Gasteiger charge is 2.29. The van der Waals surface area contributed by atoms with Crippen LogP contribution in [0.1, 0.15) is 33.1 Å². The topological polar surface area (TPSA) is 29.5 Å². The van der Waals surface area contributed by atoms with E-state index in [9.17, 15) is 4.79 Å². The minimum atomic E-state index is -0.0807. The Hall–Kier alpha value is -0.570. The summed E-state index contributed by atoms with van der Waals surface area (Å²) >= 11 is 0. The van der Waals surface area contributed by atoms with Gasteiger partial charge >= 0.3 is 5.97 Å². The Morgan fingerprint density at radius 3 is 2.62 bits per heavy atom. The number of nitrogens with zero attached hydrogens (tertiary/aromatic N) is 1. The SMILES string of the molecule is CCCN(CC(=O)OCC)C1CC1. The van der Waals surface area contributed by atoms with E-state index in [1.54, 1.807) is 0 Å². The van der Waals surface area contributed by atoms with Crippen molar-refractivity contribution < 1.29 is 9.53 Å². The van der Waals surface area contributed by atoms with Gasteiger partial charge in [0.15, 0.2) is 0 Å². The zero-order valence-corrected chi connectivity index (χ0v) is 8.58. The standard InChI is InChI=1S/C10H19NO2/c1-3-7-11(9-5-6-9)8-10(12)13-4-2/h9H,3-8H2,1-2H3. The molecule has 0 aromatic carbocycles. The zero-order valence-electron chi connectivity index (χ0n) is 8.58. The predicted molar refractivity (Wildman–Crippen MR) is 51.5 cm³/mol. The largest absolute Gasteiger partial charge is 0.465 e. The molecule has 1 fully saturated rings. The van der Waals surface area contributed by atoms with Gasteiger partial charge in [-0.15, -0.1) is 0 Å². The van der Waals surface area contributed by atoms with E-state index < -0.39 is 0 Å². The van der Waals surface area contributed by atoms with Gasteiger partial charge in [0, 0.05) is 6.04 Å². The van der Waals surface area contributed by atoms with Crippen LogP contribution in [-0.2, 0) is 9.53 Å². The maximum Gasteiger partial charge on any atom is 0.320 e. The lowest BCUT2D eigenvalue weighted by Crippen LogP contribution is -2.33. The number of ether oxygens (including phenoxy) is 1. The molecule has 0 saturated heterocycles. The molecule has 3 nitrogen and oxygen atoms in total. The third-order valence-electron chi connectivity index (χ3n) is 2.21. The summed E-state index contributed by atoms with van der Waals surface area (Å²) in [7, 11) is 0. The summed E-state index contributed by atoms with van der Waals surface area (Å²) in [5.74, 6) is -0.0807. The van der Waals surface area contributed by atoms with E-state index in [-0.39, 0.29) is 5.97 Å². The lowest BCUT2D eigenvalue weighted by atomic mass is 10.4. The smallest absolute Gasteiger partial charge is 0.320 e. The van der Waals surface area contributed by atoms with E-state index in [4.69, 9.17) is 4.74 Å². The fraction of sp³-hybridized carbons (Fsp3) is 0.900. The Balaban J connectivity index is 2.24. The van der Waals surface area contributed by atoms with Crippen molar-refractivity contribution in [3.8, 4) is 0 Å². The Kier molecular flexibility index (Phi) is 4.22. The van der Waals surface area contributed by atoms with E-state index in [1.165, 1.54) is 12.8 Å². The molecule has 0 radical (unpaired) electrons. The first-order valence-electron chi connectivity index (χ1n) is 5.17.